The Hall–Kier alpha value is -3.66. The van der Waals surface area contributed by atoms with Gasteiger partial charge in [0.1, 0.15) is 5.82 Å². The van der Waals surface area contributed by atoms with Crippen molar-refractivity contribution in [3.8, 4) is 11.1 Å². The first-order chi connectivity index (χ1) is 14.8. The number of aromatic amines is 1. The molecule has 2 N–H and O–H groups in total. The van der Waals surface area contributed by atoms with Gasteiger partial charge in [-0.3, -0.25) is 4.79 Å². The first kappa shape index (κ1) is 20.6. The van der Waals surface area contributed by atoms with Gasteiger partial charge in [-0.05, 0) is 58.0 Å². The molecule has 0 fully saturated rings. The predicted octanol–water partition coefficient (Wildman–Crippen LogP) is 6.66. The molecule has 4 nitrogen and oxygen atoms in total. The largest absolute Gasteiger partial charge is 0.338 e. The van der Waals surface area contributed by atoms with Crippen LogP contribution >= 0.6 is 0 Å². The first-order valence-electron chi connectivity index (χ1n) is 10.4. The molecule has 0 saturated carbocycles. The van der Waals surface area contributed by atoms with Gasteiger partial charge < -0.3 is 10.3 Å². The highest BCUT2D eigenvalue weighted by Crippen LogP contribution is 2.26. The van der Waals surface area contributed by atoms with Crippen LogP contribution in [0.25, 0.3) is 34.3 Å². The summed E-state index contributed by atoms with van der Waals surface area (Å²) < 4.78 is 0. The number of carbonyl (C=O) groups is 1. The molecular weight excluding hydrogens is 382 g/mol. The fourth-order valence-corrected chi connectivity index (χ4v) is 3.50. The second-order valence-electron chi connectivity index (χ2n) is 8.82. The van der Waals surface area contributed by atoms with Crippen molar-refractivity contribution in [2.75, 3.05) is 5.32 Å². The van der Waals surface area contributed by atoms with E-state index >= 15 is 0 Å². The van der Waals surface area contributed by atoms with Crippen LogP contribution in [0.2, 0.25) is 0 Å². The van der Waals surface area contributed by atoms with E-state index in [2.05, 4.69) is 79.6 Å². The molecule has 0 saturated heterocycles. The number of imidazole rings is 1. The average Bonchev–Trinajstić information content (AvgIpc) is 3.14. The molecule has 0 aliphatic heterocycles. The van der Waals surface area contributed by atoms with E-state index in [1.807, 2.05) is 30.3 Å². The van der Waals surface area contributed by atoms with Gasteiger partial charge >= 0.3 is 0 Å². The van der Waals surface area contributed by atoms with Crippen LogP contribution in [-0.4, -0.2) is 15.9 Å². The molecular formula is C27H27N3O. The minimum atomic E-state index is -0.0728. The number of H-pyrrole nitrogens is 1. The summed E-state index contributed by atoms with van der Waals surface area (Å²) in [6.45, 7) is 8.17. The summed E-state index contributed by atoms with van der Waals surface area (Å²) in [6.07, 6.45) is 4.08. The van der Waals surface area contributed by atoms with Crippen molar-refractivity contribution in [1.82, 2.24) is 9.97 Å². The minimum absolute atomic E-state index is 0.0728. The third-order valence-corrected chi connectivity index (χ3v) is 5.25. The van der Waals surface area contributed by atoms with E-state index < -0.39 is 0 Å². The number of rotatable bonds is 4. The molecule has 0 radical (unpaired) electrons. The lowest BCUT2D eigenvalue weighted by Crippen LogP contribution is -2.10. The Bertz CT molecular complexity index is 1240. The maximum atomic E-state index is 11.2. The van der Waals surface area contributed by atoms with Gasteiger partial charge in [0.05, 0.1) is 11.0 Å². The second kappa shape index (κ2) is 8.23. The van der Waals surface area contributed by atoms with Crippen molar-refractivity contribution in [3.63, 3.8) is 0 Å². The molecule has 4 aromatic rings. The Morgan fingerprint density at radius 2 is 1.58 bits per heavy atom. The summed E-state index contributed by atoms with van der Waals surface area (Å²) in [6, 6.07) is 22.7. The summed E-state index contributed by atoms with van der Waals surface area (Å²) in [7, 11) is 0. The van der Waals surface area contributed by atoms with Crippen LogP contribution in [0, 0.1) is 0 Å². The van der Waals surface area contributed by atoms with Crippen LogP contribution in [0.15, 0.2) is 66.7 Å². The molecule has 156 valence electrons. The zero-order valence-corrected chi connectivity index (χ0v) is 18.4. The summed E-state index contributed by atoms with van der Waals surface area (Å²) in [5.41, 5.74) is 7.51. The van der Waals surface area contributed by atoms with Crippen molar-refractivity contribution in [1.29, 1.82) is 0 Å². The monoisotopic (exact) mass is 409 g/mol. The SMILES string of the molecule is CC(=O)Nc1ccc(-c2ccc3[nH]c(/C=C/c4ccc(C(C)(C)C)cc4)nc3c2)cc1. The van der Waals surface area contributed by atoms with E-state index in [0.717, 1.165) is 39.2 Å². The van der Waals surface area contributed by atoms with Gasteiger partial charge in [0.2, 0.25) is 5.91 Å². The number of nitrogens with one attached hydrogen (secondary N) is 2. The molecule has 3 aromatic carbocycles. The number of fused-ring (bicyclic) bond motifs is 1. The van der Waals surface area contributed by atoms with E-state index in [4.69, 9.17) is 4.98 Å². The first-order valence-corrected chi connectivity index (χ1v) is 10.4. The highest BCUT2D eigenvalue weighted by atomic mass is 16.1. The molecule has 1 amide bonds. The maximum absolute atomic E-state index is 11.2. The molecule has 0 aliphatic carbocycles. The zero-order valence-electron chi connectivity index (χ0n) is 18.4. The van der Waals surface area contributed by atoms with Crippen molar-refractivity contribution in [2.45, 2.75) is 33.1 Å². The number of amides is 1. The third-order valence-electron chi connectivity index (χ3n) is 5.25. The lowest BCUT2D eigenvalue weighted by atomic mass is 9.87. The Kier molecular flexibility index (Phi) is 5.47. The van der Waals surface area contributed by atoms with E-state index in [-0.39, 0.29) is 11.3 Å². The van der Waals surface area contributed by atoms with Gasteiger partial charge in [0.15, 0.2) is 0 Å². The number of aromatic nitrogens is 2. The van der Waals surface area contributed by atoms with E-state index in [1.165, 1.54) is 12.5 Å². The molecule has 31 heavy (non-hydrogen) atoms. The minimum Gasteiger partial charge on any atom is -0.338 e. The Balaban J connectivity index is 1.53. The number of carbonyl (C=O) groups excluding carboxylic acids is 1. The number of benzene rings is 3. The lowest BCUT2D eigenvalue weighted by molar-refractivity contribution is -0.114. The predicted molar refractivity (Wildman–Crippen MR) is 130 cm³/mol. The number of hydrogen-bond acceptors (Lipinski definition) is 2. The fourth-order valence-electron chi connectivity index (χ4n) is 3.50. The van der Waals surface area contributed by atoms with Crippen LogP contribution in [0.1, 0.15) is 44.6 Å². The summed E-state index contributed by atoms with van der Waals surface area (Å²) in [5.74, 6) is 0.754. The molecule has 0 unspecified atom stereocenters. The summed E-state index contributed by atoms with van der Waals surface area (Å²) in [5, 5.41) is 2.79. The summed E-state index contributed by atoms with van der Waals surface area (Å²) >= 11 is 0. The Morgan fingerprint density at radius 3 is 2.23 bits per heavy atom. The maximum Gasteiger partial charge on any atom is 0.221 e. The number of nitrogens with zero attached hydrogens (tertiary/aromatic N) is 1. The summed E-state index contributed by atoms with van der Waals surface area (Å²) in [4.78, 5) is 19.3. The van der Waals surface area contributed by atoms with Gasteiger partial charge in [-0.25, -0.2) is 4.98 Å². The molecule has 0 bridgehead atoms. The van der Waals surface area contributed by atoms with Crippen LogP contribution < -0.4 is 5.32 Å². The van der Waals surface area contributed by atoms with Crippen molar-refractivity contribution in [3.05, 3.63) is 83.7 Å². The van der Waals surface area contributed by atoms with Crippen LogP contribution in [0.4, 0.5) is 5.69 Å². The van der Waals surface area contributed by atoms with Gasteiger partial charge in [-0.2, -0.15) is 0 Å². The molecule has 0 aliphatic rings. The molecule has 4 rings (SSSR count). The third kappa shape index (κ3) is 4.92. The highest BCUT2D eigenvalue weighted by molar-refractivity contribution is 5.89. The number of hydrogen-bond donors (Lipinski definition) is 2. The quantitative estimate of drug-likeness (QED) is 0.396. The molecule has 0 atom stereocenters. The van der Waals surface area contributed by atoms with Crippen molar-refractivity contribution < 1.29 is 4.79 Å². The number of anilines is 1. The van der Waals surface area contributed by atoms with Gasteiger partial charge in [-0.1, -0.05) is 69.3 Å². The van der Waals surface area contributed by atoms with Crippen LogP contribution in [0.5, 0.6) is 0 Å². The van der Waals surface area contributed by atoms with E-state index in [9.17, 15) is 4.79 Å². The average molecular weight is 410 g/mol. The topological polar surface area (TPSA) is 57.8 Å². The Labute approximate surface area is 183 Å². The van der Waals surface area contributed by atoms with Gasteiger partial charge in [0.25, 0.3) is 0 Å². The lowest BCUT2D eigenvalue weighted by Gasteiger charge is -2.18. The second-order valence-corrected chi connectivity index (χ2v) is 8.82. The van der Waals surface area contributed by atoms with E-state index in [1.54, 1.807) is 0 Å². The van der Waals surface area contributed by atoms with Gasteiger partial charge in [0, 0.05) is 12.6 Å². The molecule has 1 aromatic heterocycles. The van der Waals surface area contributed by atoms with Crippen LogP contribution in [0.3, 0.4) is 0 Å². The van der Waals surface area contributed by atoms with Crippen LogP contribution in [-0.2, 0) is 10.2 Å². The molecule has 4 heteroatoms. The van der Waals surface area contributed by atoms with Crippen molar-refractivity contribution in [2.24, 2.45) is 0 Å². The standard InChI is InChI=1S/C27H27N3O/c1-18(31)28-23-13-8-20(9-14-23)21-10-15-24-25(17-21)30-26(29-24)16-7-19-5-11-22(12-6-19)27(2,3)4/h5-17H,1-4H3,(H,28,31)(H,29,30)/b16-7+. The van der Waals surface area contributed by atoms with Crippen molar-refractivity contribution >= 4 is 34.8 Å². The normalized spacial score (nSPS) is 11.9. The highest BCUT2D eigenvalue weighted by Gasteiger charge is 2.12. The Morgan fingerprint density at radius 1 is 0.903 bits per heavy atom. The zero-order chi connectivity index (χ0) is 22.0. The van der Waals surface area contributed by atoms with Gasteiger partial charge in [-0.15, -0.1) is 0 Å². The van der Waals surface area contributed by atoms with E-state index in [0.29, 0.717) is 0 Å². The molecule has 1 heterocycles. The molecule has 0 spiro atoms. The fraction of sp³-hybridized carbons (Fsp3) is 0.185. The smallest absolute Gasteiger partial charge is 0.221 e.